The zero-order chi connectivity index (χ0) is 33.5. The summed E-state index contributed by atoms with van der Waals surface area (Å²) in [6.45, 7) is 16.3. The van der Waals surface area contributed by atoms with Gasteiger partial charge in [0.05, 0.1) is 11.6 Å². The molecule has 1 radical (unpaired) electrons. The van der Waals surface area contributed by atoms with Gasteiger partial charge in [-0.2, -0.15) is 5.10 Å². The van der Waals surface area contributed by atoms with Gasteiger partial charge in [0.25, 0.3) is 0 Å². The van der Waals surface area contributed by atoms with Gasteiger partial charge in [0.15, 0.2) is 5.78 Å². The van der Waals surface area contributed by atoms with Crippen molar-refractivity contribution in [2.45, 2.75) is 79.1 Å². The van der Waals surface area contributed by atoms with Crippen LogP contribution in [0, 0.1) is 13.0 Å². The van der Waals surface area contributed by atoms with Gasteiger partial charge in [-0.3, -0.25) is 4.79 Å². The van der Waals surface area contributed by atoms with E-state index in [1.165, 1.54) is 47.7 Å². The largest absolute Gasteiger partial charge is 0.512 e. The number of ketones is 1. The minimum absolute atomic E-state index is 0. The molecule has 0 saturated carbocycles. The van der Waals surface area contributed by atoms with Gasteiger partial charge in [0.2, 0.25) is 0 Å². The first kappa shape index (κ1) is 37.3. The Morgan fingerprint density at radius 3 is 2.04 bits per heavy atom. The number of allylic oxidation sites excluding steroid dienone is 2. The van der Waals surface area contributed by atoms with Crippen LogP contribution in [0.15, 0.2) is 109 Å². The molecule has 47 heavy (non-hydrogen) atoms. The zero-order valence-electron chi connectivity index (χ0n) is 28.8. The maximum absolute atomic E-state index is 10.0. The van der Waals surface area contributed by atoms with Gasteiger partial charge in [-0.05, 0) is 67.0 Å². The molecule has 0 amide bonds. The van der Waals surface area contributed by atoms with Crippen molar-refractivity contribution in [3.05, 3.63) is 137 Å². The molecule has 1 heterocycles. The van der Waals surface area contributed by atoms with E-state index >= 15 is 0 Å². The Morgan fingerprint density at radius 2 is 1.49 bits per heavy atom. The topological polar surface area (TPSA) is 68.0 Å². The fraction of sp³-hybridized carbons (Fsp3) is 0.293. The van der Waals surface area contributed by atoms with E-state index in [9.17, 15) is 4.79 Å². The van der Waals surface area contributed by atoms with Crippen LogP contribution in [0.25, 0.3) is 28.2 Å². The number of hydrogen-bond donors (Lipinski definition) is 1. The molecular weight excluding hydrogens is 759 g/mol. The molecule has 5 nitrogen and oxygen atoms in total. The molecule has 4 aromatic carbocycles. The summed E-state index contributed by atoms with van der Waals surface area (Å²) in [5, 5.41) is 18.0. The van der Waals surface area contributed by atoms with Gasteiger partial charge in [0, 0.05) is 37.3 Å². The number of rotatable bonds is 9. The normalized spacial score (nSPS) is 11.7. The molecule has 0 aliphatic carbocycles. The number of benzene rings is 4. The first-order valence-electron chi connectivity index (χ1n) is 15.9. The van der Waals surface area contributed by atoms with E-state index in [0.29, 0.717) is 0 Å². The van der Waals surface area contributed by atoms with Gasteiger partial charge in [0.1, 0.15) is 5.82 Å². The van der Waals surface area contributed by atoms with E-state index in [1.807, 2.05) is 6.07 Å². The predicted octanol–water partition coefficient (Wildman–Crippen LogP) is 10.1. The van der Waals surface area contributed by atoms with Crippen LogP contribution in [0.3, 0.4) is 0 Å². The maximum Gasteiger partial charge on any atom is 0.155 e. The van der Waals surface area contributed by atoms with E-state index in [-0.39, 0.29) is 42.5 Å². The number of carbonyl (C=O) groups excluding carboxylic acids is 1. The molecule has 1 aromatic heterocycles. The molecule has 0 aliphatic heterocycles. The van der Waals surface area contributed by atoms with Crippen LogP contribution in [0.4, 0.5) is 0 Å². The summed E-state index contributed by atoms with van der Waals surface area (Å²) in [7, 11) is 0. The first-order valence-corrected chi connectivity index (χ1v) is 15.9. The van der Waals surface area contributed by atoms with Crippen LogP contribution in [-0.4, -0.2) is 25.7 Å². The number of aryl methyl sites for hydroxylation is 1. The maximum atomic E-state index is 10.0. The van der Waals surface area contributed by atoms with Crippen LogP contribution in [0.5, 0.6) is 0 Å². The molecule has 0 aliphatic rings. The van der Waals surface area contributed by atoms with Crippen molar-refractivity contribution in [1.82, 2.24) is 14.8 Å². The Bertz CT molecular complexity index is 1800. The fourth-order valence-electron chi connectivity index (χ4n) is 5.88. The molecule has 0 spiro atoms. The third-order valence-electron chi connectivity index (χ3n) is 8.36. The quantitative estimate of drug-likeness (QED) is 0.0916. The van der Waals surface area contributed by atoms with Crippen molar-refractivity contribution < 1.29 is 30.0 Å². The summed E-state index contributed by atoms with van der Waals surface area (Å²) in [4.78, 5) is 10.0. The molecule has 5 rings (SSSR count). The third-order valence-corrected chi connectivity index (χ3v) is 8.36. The van der Waals surface area contributed by atoms with Gasteiger partial charge in [-0.25, -0.2) is 0 Å². The molecule has 0 saturated heterocycles. The van der Waals surface area contributed by atoms with Crippen molar-refractivity contribution in [2.24, 2.45) is 0 Å². The minimum atomic E-state index is -0.159. The van der Waals surface area contributed by atoms with Crippen molar-refractivity contribution in [1.29, 1.82) is 0 Å². The molecule has 247 valence electrons. The molecule has 6 heteroatoms. The summed E-state index contributed by atoms with van der Waals surface area (Å²) in [6, 6.07) is 37.8. The van der Waals surface area contributed by atoms with Crippen molar-refractivity contribution >= 4 is 5.78 Å². The van der Waals surface area contributed by atoms with Crippen molar-refractivity contribution in [2.75, 3.05) is 0 Å². The zero-order valence-corrected chi connectivity index (χ0v) is 31.2. The van der Waals surface area contributed by atoms with E-state index in [1.54, 1.807) is 0 Å². The predicted molar refractivity (Wildman–Crippen MR) is 189 cm³/mol. The standard InChI is InChI=1S/C36H38N3.C5H8O2.Ir/c1-7-23-35(3,4)34-38-37-33(29-17-14-20-31(25-29)36(5,6)30-18-12-9-13-19-30)39(34)32-22-21-28(24-26(32)2)27-15-10-8-11-16-27;1-4(6)3-5(2)7;/h8-16,18-22,24-25H,7,23H2,1-6H3;3,6H,1-2H3;/q-1;;/b;4-3-;. The Morgan fingerprint density at radius 1 is 0.851 bits per heavy atom. The third kappa shape index (κ3) is 9.03. The number of aromatic nitrogens is 3. The molecule has 0 unspecified atom stereocenters. The van der Waals surface area contributed by atoms with Crippen molar-refractivity contribution in [3.8, 4) is 28.2 Å². The molecular formula is C41H46IrN3O2-. The van der Waals surface area contributed by atoms with Crippen LogP contribution in [-0.2, 0) is 35.7 Å². The SMILES string of the molecule is CC(=O)/C=C(/C)O.CCCC(C)(C)c1nnc(-c2[c-]ccc(C(C)(C)c3ccccc3)c2)n1-c1ccc(-c2ccccc2)cc1C.[Ir]. The second-order valence-corrected chi connectivity index (χ2v) is 13.1. The van der Waals surface area contributed by atoms with Crippen LogP contribution >= 0.6 is 0 Å². The summed E-state index contributed by atoms with van der Waals surface area (Å²) < 4.78 is 2.27. The Kier molecular flexibility index (Phi) is 12.8. The van der Waals surface area contributed by atoms with Crippen LogP contribution in [0.1, 0.15) is 83.8 Å². The molecule has 0 atom stereocenters. The average molecular weight is 805 g/mol. The van der Waals surface area contributed by atoms with Crippen LogP contribution < -0.4 is 0 Å². The number of hydrogen-bond acceptors (Lipinski definition) is 4. The molecule has 5 aromatic rings. The Labute approximate surface area is 294 Å². The molecule has 1 N–H and O–H groups in total. The van der Waals surface area contributed by atoms with Gasteiger partial charge in [-0.1, -0.05) is 108 Å². The molecule has 0 fully saturated rings. The number of aliphatic hydroxyl groups excluding tert-OH is 1. The van der Waals surface area contributed by atoms with E-state index in [2.05, 4.69) is 143 Å². The smallest absolute Gasteiger partial charge is 0.155 e. The number of aliphatic hydroxyl groups is 1. The first-order chi connectivity index (χ1) is 21.8. The van der Waals surface area contributed by atoms with Gasteiger partial charge in [-0.15, -0.1) is 40.5 Å². The van der Waals surface area contributed by atoms with Gasteiger partial charge >= 0.3 is 0 Å². The summed E-state index contributed by atoms with van der Waals surface area (Å²) in [5.74, 6) is 1.75. The summed E-state index contributed by atoms with van der Waals surface area (Å²) >= 11 is 0. The van der Waals surface area contributed by atoms with Crippen LogP contribution in [0.2, 0.25) is 0 Å². The van der Waals surface area contributed by atoms with E-state index in [0.717, 1.165) is 35.7 Å². The van der Waals surface area contributed by atoms with Gasteiger partial charge < -0.3 is 9.67 Å². The van der Waals surface area contributed by atoms with E-state index in [4.69, 9.17) is 15.3 Å². The molecule has 0 bridgehead atoms. The fourth-order valence-corrected chi connectivity index (χ4v) is 5.88. The minimum Gasteiger partial charge on any atom is -0.512 e. The number of carbonyl (C=O) groups is 1. The second kappa shape index (κ2) is 16.1. The number of nitrogens with zero attached hydrogens (tertiary/aromatic N) is 3. The van der Waals surface area contributed by atoms with Crippen molar-refractivity contribution in [3.63, 3.8) is 0 Å². The monoisotopic (exact) mass is 805 g/mol. The summed E-state index contributed by atoms with van der Waals surface area (Å²) in [5.41, 5.74) is 7.88. The Hall–Kier alpha value is -4.12. The summed E-state index contributed by atoms with van der Waals surface area (Å²) in [6.07, 6.45) is 3.27. The average Bonchev–Trinajstić information content (AvgIpc) is 3.48. The second-order valence-electron chi connectivity index (χ2n) is 13.1. The van der Waals surface area contributed by atoms with E-state index < -0.39 is 0 Å². The Balaban J connectivity index is 0.000000677.